The minimum Gasteiger partial charge on any atom is -0.292 e. The van der Waals surface area contributed by atoms with Crippen LogP contribution in [-0.2, 0) is 13.0 Å². The lowest BCUT2D eigenvalue weighted by molar-refractivity contribution is 0.103. The summed E-state index contributed by atoms with van der Waals surface area (Å²) in [4.78, 5) is 2.45. The van der Waals surface area contributed by atoms with Gasteiger partial charge >= 0.3 is 0 Å². The third-order valence-corrected chi connectivity index (χ3v) is 3.72. The summed E-state index contributed by atoms with van der Waals surface area (Å²) in [5.74, 6) is 0. The van der Waals surface area contributed by atoms with Crippen LogP contribution in [0, 0.1) is 0 Å². The van der Waals surface area contributed by atoms with Crippen molar-refractivity contribution in [2.75, 3.05) is 13.3 Å². The summed E-state index contributed by atoms with van der Waals surface area (Å²) in [6.07, 6.45) is 1.42. The smallest absolute Gasteiger partial charge is 0.0662 e. The van der Waals surface area contributed by atoms with E-state index in [1.165, 1.54) is 11.1 Å². The fraction of sp³-hybridized carbons (Fsp3) is 0.294. The van der Waals surface area contributed by atoms with Crippen molar-refractivity contribution in [3.05, 3.63) is 71.8 Å². The Kier molecular flexibility index (Phi) is 4.43. The molecule has 0 bridgehead atoms. The molecule has 104 valence electrons. The third kappa shape index (κ3) is 3.45. The van der Waals surface area contributed by atoms with E-state index in [9.17, 15) is 0 Å². The highest BCUT2D eigenvalue weighted by atomic mass is 15.4. The van der Waals surface area contributed by atoms with Gasteiger partial charge in [-0.1, -0.05) is 60.7 Å². The molecule has 3 nitrogen and oxygen atoms in total. The van der Waals surface area contributed by atoms with E-state index in [1.54, 1.807) is 0 Å². The molecule has 2 N–H and O–H groups in total. The Balaban J connectivity index is 1.68. The first-order chi connectivity index (χ1) is 9.92. The van der Waals surface area contributed by atoms with Crippen LogP contribution in [0.3, 0.4) is 0 Å². The second-order valence-corrected chi connectivity index (χ2v) is 5.23. The summed E-state index contributed by atoms with van der Waals surface area (Å²) in [7, 11) is 0. The van der Waals surface area contributed by atoms with Gasteiger partial charge in [0.1, 0.15) is 0 Å². The third-order valence-electron chi connectivity index (χ3n) is 3.72. The van der Waals surface area contributed by atoms with Crippen LogP contribution in [-0.4, -0.2) is 24.4 Å². The van der Waals surface area contributed by atoms with Crippen LogP contribution in [0.15, 0.2) is 60.7 Å². The number of nitrogens with zero attached hydrogens (tertiary/aromatic N) is 1. The van der Waals surface area contributed by atoms with Gasteiger partial charge in [0.05, 0.1) is 12.8 Å². The van der Waals surface area contributed by atoms with Gasteiger partial charge in [-0.15, -0.1) is 0 Å². The van der Waals surface area contributed by atoms with Crippen molar-refractivity contribution in [1.29, 1.82) is 0 Å². The quantitative estimate of drug-likeness (QED) is 0.889. The van der Waals surface area contributed by atoms with E-state index in [0.29, 0.717) is 6.17 Å². The van der Waals surface area contributed by atoms with Gasteiger partial charge in [-0.05, 0) is 11.1 Å². The first-order valence-electron chi connectivity index (χ1n) is 7.18. The Labute approximate surface area is 120 Å². The molecule has 3 heteroatoms. The van der Waals surface area contributed by atoms with Gasteiger partial charge in [-0.25, -0.2) is 0 Å². The molecule has 1 atom stereocenters. The summed E-state index contributed by atoms with van der Waals surface area (Å²) in [5.41, 5.74) is 2.74. The second-order valence-electron chi connectivity index (χ2n) is 5.23. The summed E-state index contributed by atoms with van der Waals surface area (Å²) < 4.78 is 0. The molecular weight excluding hydrogens is 246 g/mol. The van der Waals surface area contributed by atoms with Gasteiger partial charge in [0.2, 0.25) is 0 Å². The first kappa shape index (κ1) is 13.3. The molecule has 20 heavy (non-hydrogen) atoms. The Hall–Kier alpha value is -1.68. The maximum atomic E-state index is 3.55. The van der Waals surface area contributed by atoms with E-state index in [0.717, 1.165) is 26.3 Å². The average Bonchev–Trinajstić information content (AvgIpc) is 2.51. The predicted molar refractivity (Wildman–Crippen MR) is 81.9 cm³/mol. The minimum atomic E-state index is 0.388. The van der Waals surface area contributed by atoms with Gasteiger partial charge < -0.3 is 0 Å². The normalized spacial score (nSPS) is 19.9. The van der Waals surface area contributed by atoms with Crippen LogP contribution in [0.4, 0.5) is 0 Å². The summed E-state index contributed by atoms with van der Waals surface area (Å²) in [5, 5.41) is 6.94. The van der Waals surface area contributed by atoms with Crippen LogP contribution < -0.4 is 10.6 Å². The largest absolute Gasteiger partial charge is 0.292 e. The van der Waals surface area contributed by atoms with E-state index in [1.807, 2.05) is 0 Å². The topological polar surface area (TPSA) is 27.3 Å². The van der Waals surface area contributed by atoms with Crippen LogP contribution >= 0.6 is 0 Å². The van der Waals surface area contributed by atoms with Crippen molar-refractivity contribution >= 4 is 0 Å². The molecule has 0 radical (unpaired) electrons. The molecule has 2 aromatic rings. The molecule has 0 amide bonds. The van der Waals surface area contributed by atoms with Gasteiger partial charge in [0.25, 0.3) is 0 Å². The monoisotopic (exact) mass is 267 g/mol. The molecule has 1 saturated heterocycles. The lowest BCUT2D eigenvalue weighted by atomic mass is 10.1. The molecule has 3 rings (SSSR count). The molecule has 2 aromatic carbocycles. The Morgan fingerprint density at radius 3 is 2.25 bits per heavy atom. The maximum Gasteiger partial charge on any atom is 0.0662 e. The Morgan fingerprint density at radius 2 is 1.55 bits per heavy atom. The van der Waals surface area contributed by atoms with Gasteiger partial charge in [0, 0.05) is 19.6 Å². The lowest BCUT2D eigenvalue weighted by Gasteiger charge is -2.37. The van der Waals surface area contributed by atoms with E-state index >= 15 is 0 Å². The van der Waals surface area contributed by atoms with E-state index in [4.69, 9.17) is 0 Å². The Bertz CT molecular complexity index is 463. The number of nitrogens with one attached hydrogen (secondary N) is 2. The maximum absolute atomic E-state index is 3.55. The predicted octanol–water partition coefficient (Wildman–Crippen LogP) is 2.17. The SMILES string of the molecule is c1ccc(CC2NCNCN2Cc2ccccc2)cc1. The minimum absolute atomic E-state index is 0.388. The van der Waals surface area contributed by atoms with E-state index in [-0.39, 0.29) is 0 Å². The molecule has 0 spiro atoms. The molecule has 0 aliphatic carbocycles. The highest BCUT2D eigenvalue weighted by Gasteiger charge is 2.21. The standard InChI is InChI=1S/C17H21N3/c1-3-7-15(8-4-1)11-17-19-13-18-14-20(17)12-16-9-5-2-6-10-16/h1-10,17-19H,11-14H2. The van der Waals surface area contributed by atoms with Crippen molar-refractivity contribution in [3.63, 3.8) is 0 Å². The first-order valence-corrected chi connectivity index (χ1v) is 7.18. The summed E-state index contributed by atoms with van der Waals surface area (Å²) >= 11 is 0. The molecule has 0 aromatic heterocycles. The number of hydrogen-bond acceptors (Lipinski definition) is 3. The zero-order valence-corrected chi connectivity index (χ0v) is 11.6. The van der Waals surface area contributed by atoms with Crippen LogP contribution in [0.1, 0.15) is 11.1 Å². The van der Waals surface area contributed by atoms with E-state index in [2.05, 4.69) is 76.2 Å². The van der Waals surface area contributed by atoms with Crippen molar-refractivity contribution in [3.8, 4) is 0 Å². The summed E-state index contributed by atoms with van der Waals surface area (Å²) in [6, 6.07) is 21.3. The average molecular weight is 267 g/mol. The zero-order chi connectivity index (χ0) is 13.6. The van der Waals surface area contributed by atoms with Crippen LogP contribution in [0.2, 0.25) is 0 Å². The Morgan fingerprint density at radius 1 is 0.900 bits per heavy atom. The fourth-order valence-electron chi connectivity index (χ4n) is 2.65. The van der Waals surface area contributed by atoms with Gasteiger partial charge in [-0.2, -0.15) is 0 Å². The van der Waals surface area contributed by atoms with Crippen molar-refractivity contribution in [1.82, 2.24) is 15.5 Å². The highest BCUT2D eigenvalue weighted by Crippen LogP contribution is 2.12. The number of rotatable bonds is 4. The van der Waals surface area contributed by atoms with Crippen LogP contribution in [0.5, 0.6) is 0 Å². The van der Waals surface area contributed by atoms with E-state index < -0.39 is 0 Å². The zero-order valence-electron chi connectivity index (χ0n) is 11.6. The van der Waals surface area contributed by atoms with Gasteiger partial charge in [0.15, 0.2) is 0 Å². The number of benzene rings is 2. The molecule has 1 aliphatic rings. The molecule has 1 aliphatic heterocycles. The molecule has 1 fully saturated rings. The van der Waals surface area contributed by atoms with Crippen LogP contribution in [0.25, 0.3) is 0 Å². The van der Waals surface area contributed by atoms with Crippen molar-refractivity contribution in [2.45, 2.75) is 19.1 Å². The highest BCUT2D eigenvalue weighted by molar-refractivity contribution is 5.17. The molecular formula is C17H21N3. The fourth-order valence-corrected chi connectivity index (χ4v) is 2.65. The van der Waals surface area contributed by atoms with Gasteiger partial charge in [-0.3, -0.25) is 15.5 Å². The van der Waals surface area contributed by atoms with Crippen molar-refractivity contribution in [2.24, 2.45) is 0 Å². The second kappa shape index (κ2) is 6.66. The number of hydrogen-bond donors (Lipinski definition) is 2. The molecule has 1 unspecified atom stereocenters. The lowest BCUT2D eigenvalue weighted by Crippen LogP contribution is -2.58. The van der Waals surface area contributed by atoms with Crippen molar-refractivity contribution < 1.29 is 0 Å². The summed E-state index contributed by atoms with van der Waals surface area (Å²) in [6.45, 7) is 2.78. The molecule has 0 saturated carbocycles. The molecule has 1 heterocycles.